The minimum Gasteiger partial charge on any atom is -0.396 e. The van der Waals surface area contributed by atoms with Gasteiger partial charge in [0.1, 0.15) is 0 Å². The van der Waals surface area contributed by atoms with Gasteiger partial charge in [0.05, 0.1) is 12.0 Å². The Morgan fingerprint density at radius 2 is 1.90 bits per heavy atom. The van der Waals surface area contributed by atoms with Gasteiger partial charge < -0.3 is 15.0 Å². The van der Waals surface area contributed by atoms with Crippen molar-refractivity contribution in [3.05, 3.63) is 70.1 Å². The van der Waals surface area contributed by atoms with Gasteiger partial charge >= 0.3 is 0 Å². The maximum Gasteiger partial charge on any atom is 0.250 e. The maximum atomic E-state index is 13.4. The Kier molecular flexibility index (Phi) is 5.21. The minimum absolute atomic E-state index is 0.0111. The van der Waals surface area contributed by atoms with Gasteiger partial charge in [-0.05, 0) is 36.8 Å². The predicted octanol–water partition coefficient (Wildman–Crippen LogP) is 1.58. The van der Waals surface area contributed by atoms with Crippen LogP contribution in [0.2, 0.25) is 0 Å². The van der Waals surface area contributed by atoms with Gasteiger partial charge in [-0.3, -0.25) is 14.5 Å². The second-order valence-electron chi connectivity index (χ2n) is 8.95. The zero-order valence-corrected chi connectivity index (χ0v) is 17.1. The summed E-state index contributed by atoms with van der Waals surface area (Å²) in [5.74, 6) is 0.161. The van der Waals surface area contributed by atoms with Crippen LogP contribution in [0, 0.1) is 17.8 Å². The van der Waals surface area contributed by atoms with Gasteiger partial charge in [0.2, 0.25) is 5.91 Å². The first kappa shape index (κ1) is 19.5. The molecule has 6 nitrogen and oxygen atoms in total. The Bertz CT molecular complexity index is 969. The highest BCUT2D eigenvalue weighted by Gasteiger charge is 2.56. The summed E-state index contributed by atoms with van der Waals surface area (Å²) >= 11 is 0. The van der Waals surface area contributed by atoms with Gasteiger partial charge in [-0.15, -0.1) is 0 Å². The molecule has 2 fully saturated rings. The fraction of sp³-hybridized carbons (Fsp3) is 0.500. The van der Waals surface area contributed by atoms with E-state index in [1.807, 2.05) is 28.8 Å². The van der Waals surface area contributed by atoms with Gasteiger partial charge in [0, 0.05) is 50.0 Å². The van der Waals surface area contributed by atoms with Crippen LogP contribution in [0.1, 0.15) is 30.1 Å². The smallest absolute Gasteiger partial charge is 0.250 e. The monoisotopic (exact) mass is 407 g/mol. The number of benzene rings is 1. The molecule has 2 N–H and O–H groups in total. The van der Waals surface area contributed by atoms with Crippen molar-refractivity contribution in [1.82, 2.24) is 14.8 Å². The molecular formula is C24H29N3O3. The third kappa shape index (κ3) is 3.48. The van der Waals surface area contributed by atoms with Crippen LogP contribution in [-0.2, 0) is 17.8 Å². The van der Waals surface area contributed by atoms with Crippen molar-refractivity contribution in [2.24, 2.45) is 17.8 Å². The lowest BCUT2D eigenvalue weighted by Crippen LogP contribution is -2.47. The van der Waals surface area contributed by atoms with E-state index >= 15 is 0 Å². The molecule has 0 radical (unpaired) electrons. The van der Waals surface area contributed by atoms with Crippen LogP contribution < -0.4 is 10.9 Å². The number of pyridine rings is 1. The van der Waals surface area contributed by atoms with Crippen molar-refractivity contribution in [2.45, 2.75) is 37.9 Å². The lowest BCUT2D eigenvalue weighted by molar-refractivity contribution is -0.127. The topological polar surface area (TPSA) is 74.6 Å². The highest BCUT2D eigenvalue weighted by Crippen LogP contribution is 2.49. The van der Waals surface area contributed by atoms with E-state index in [4.69, 9.17) is 0 Å². The summed E-state index contributed by atoms with van der Waals surface area (Å²) in [5.41, 5.74) is 2.09. The Labute approximate surface area is 176 Å². The molecule has 3 aliphatic rings. The highest BCUT2D eigenvalue weighted by molar-refractivity contribution is 5.80. The number of hydrogen-bond acceptors (Lipinski definition) is 4. The number of carbonyl (C=O) groups excluding carboxylic acids is 1. The number of rotatable bonds is 7. The number of aromatic nitrogens is 1. The third-order valence-electron chi connectivity index (χ3n) is 7.07. The summed E-state index contributed by atoms with van der Waals surface area (Å²) in [6, 6.07) is 15.4. The van der Waals surface area contributed by atoms with E-state index in [-0.39, 0.29) is 42.0 Å². The molecule has 30 heavy (non-hydrogen) atoms. The number of amides is 1. The summed E-state index contributed by atoms with van der Waals surface area (Å²) in [4.78, 5) is 28.3. The van der Waals surface area contributed by atoms with Crippen LogP contribution in [0.3, 0.4) is 0 Å². The van der Waals surface area contributed by atoms with Crippen molar-refractivity contribution >= 4 is 5.91 Å². The predicted molar refractivity (Wildman–Crippen MR) is 114 cm³/mol. The lowest BCUT2D eigenvalue weighted by Gasteiger charge is -2.38. The maximum absolute atomic E-state index is 13.4. The Morgan fingerprint density at radius 3 is 2.63 bits per heavy atom. The number of nitrogens with zero attached hydrogens (tertiary/aromatic N) is 2. The number of hydrogen-bond donors (Lipinski definition) is 2. The van der Waals surface area contributed by atoms with Crippen LogP contribution in [0.5, 0.6) is 0 Å². The Hall–Kier alpha value is -2.44. The third-order valence-corrected chi connectivity index (χ3v) is 7.07. The summed E-state index contributed by atoms with van der Waals surface area (Å²) in [7, 11) is 0. The molecule has 1 saturated carbocycles. The first-order valence-electron chi connectivity index (χ1n) is 11.1. The number of aliphatic hydroxyl groups excluding tert-OH is 1. The molecule has 5 rings (SSSR count). The van der Waals surface area contributed by atoms with Crippen molar-refractivity contribution < 1.29 is 9.90 Å². The SMILES string of the molecule is O=C(NCCc1ccccc1)[C@@H]1[C@@H](CO)[C@@H]2Cn3c(cccc3=O)[C@H]1N2CC1CC1. The lowest BCUT2D eigenvalue weighted by atomic mass is 9.86. The summed E-state index contributed by atoms with van der Waals surface area (Å²) in [6.07, 6.45) is 3.24. The van der Waals surface area contributed by atoms with Crippen LogP contribution in [-0.4, -0.2) is 46.2 Å². The average molecular weight is 408 g/mol. The molecule has 1 aromatic carbocycles. The van der Waals surface area contributed by atoms with Crippen molar-refractivity contribution in [2.75, 3.05) is 19.7 Å². The Balaban J connectivity index is 1.41. The fourth-order valence-corrected chi connectivity index (χ4v) is 5.42. The zero-order valence-electron chi connectivity index (χ0n) is 17.1. The largest absolute Gasteiger partial charge is 0.396 e. The molecule has 1 aromatic heterocycles. The molecule has 1 amide bonds. The van der Waals surface area contributed by atoms with E-state index in [0.717, 1.165) is 18.7 Å². The van der Waals surface area contributed by atoms with Gasteiger partial charge in [0.25, 0.3) is 5.56 Å². The molecule has 2 bridgehead atoms. The molecule has 6 heteroatoms. The second-order valence-corrected chi connectivity index (χ2v) is 8.95. The highest BCUT2D eigenvalue weighted by atomic mass is 16.3. The van der Waals surface area contributed by atoms with Crippen molar-refractivity contribution in [3.63, 3.8) is 0 Å². The van der Waals surface area contributed by atoms with E-state index in [2.05, 4.69) is 22.3 Å². The molecule has 0 spiro atoms. The summed E-state index contributed by atoms with van der Waals surface area (Å²) in [5, 5.41) is 13.4. The number of nitrogens with one attached hydrogen (secondary N) is 1. The fourth-order valence-electron chi connectivity index (χ4n) is 5.42. The normalized spacial score (nSPS) is 27.6. The molecule has 4 atom stereocenters. The molecule has 2 aromatic rings. The van der Waals surface area contributed by atoms with Crippen LogP contribution in [0.15, 0.2) is 53.3 Å². The first-order valence-corrected chi connectivity index (χ1v) is 11.1. The molecule has 1 aliphatic carbocycles. The molecule has 2 aliphatic heterocycles. The minimum atomic E-state index is -0.343. The zero-order chi connectivity index (χ0) is 20.7. The quantitative estimate of drug-likeness (QED) is 0.731. The molecule has 158 valence electrons. The van der Waals surface area contributed by atoms with Crippen molar-refractivity contribution in [1.29, 1.82) is 0 Å². The Morgan fingerprint density at radius 1 is 1.10 bits per heavy atom. The van der Waals surface area contributed by atoms with Gasteiger partial charge in [-0.1, -0.05) is 36.4 Å². The van der Waals surface area contributed by atoms with E-state index in [0.29, 0.717) is 19.0 Å². The van der Waals surface area contributed by atoms with E-state index in [1.165, 1.54) is 18.4 Å². The number of carbonyl (C=O) groups is 1. The van der Waals surface area contributed by atoms with Gasteiger partial charge in [0.15, 0.2) is 0 Å². The molecule has 1 saturated heterocycles. The van der Waals surface area contributed by atoms with E-state index in [1.54, 1.807) is 12.1 Å². The molecule has 0 unspecified atom stereocenters. The standard InChI is InChI=1S/C24H29N3O3/c28-15-18-20-14-26-19(7-4-8-21(26)29)23(27(20)13-17-9-10-17)22(18)24(30)25-12-11-16-5-2-1-3-6-16/h1-8,17-18,20,22-23,28H,9-15H2,(H,25,30)/t18-,20-,22+,23+/m0/s1. The van der Waals surface area contributed by atoms with Crippen LogP contribution in [0.4, 0.5) is 0 Å². The summed E-state index contributed by atoms with van der Waals surface area (Å²) in [6.45, 7) is 2.03. The number of fused-ring (bicyclic) bond motifs is 4. The average Bonchev–Trinajstić information content (AvgIpc) is 3.54. The number of aliphatic hydroxyl groups is 1. The first-order chi connectivity index (χ1) is 14.7. The second kappa shape index (κ2) is 8.00. The summed E-state index contributed by atoms with van der Waals surface area (Å²) < 4.78 is 1.82. The van der Waals surface area contributed by atoms with E-state index in [9.17, 15) is 14.7 Å². The van der Waals surface area contributed by atoms with Crippen LogP contribution in [0.25, 0.3) is 0 Å². The van der Waals surface area contributed by atoms with Gasteiger partial charge in [-0.2, -0.15) is 0 Å². The molecule has 3 heterocycles. The van der Waals surface area contributed by atoms with E-state index < -0.39 is 0 Å². The van der Waals surface area contributed by atoms with Crippen molar-refractivity contribution in [3.8, 4) is 0 Å². The molecular weight excluding hydrogens is 378 g/mol. The van der Waals surface area contributed by atoms with Gasteiger partial charge in [-0.25, -0.2) is 0 Å². The van der Waals surface area contributed by atoms with Crippen LogP contribution >= 0.6 is 0 Å².